The van der Waals surface area contributed by atoms with Gasteiger partial charge < -0.3 is 15.5 Å². The molecule has 0 bridgehead atoms. The summed E-state index contributed by atoms with van der Waals surface area (Å²) in [6, 6.07) is 11.9. The van der Waals surface area contributed by atoms with Gasteiger partial charge in [-0.25, -0.2) is 4.98 Å². The first-order valence-electron chi connectivity index (χ1n) is 8.20. The van der Waals surface area contributed by atoms with Crippen LogP contribution in [0.1, 0.15) is 10.4 Å². The second-order valence-electron chi connectivity index (χ2n) is 5.85. The maximum atomic E-state index is 12.7. The number of para-hydroxylation sites is 1. The number of amides is 2. The molecule has 0 aliphatic carbocycles. The number of halogens is 2. The Kier molecular flexibility index (Phi) is 6.51. The monoisotopic (exact) mass is 434 g/mol. The topological polar surface area (TPSA) is 74.3 Å². The van der Waals surface area contributed by atoms with E-state index < -0.39 is 5.91 Å². The Morgan fingerprint density at radius 3 is 2.54 bits per heavy atom. The van der Waals surface area contributed by atoms with Crippen LogP contribution in [0.2, 0.25) is 10.0 Å². The highest BCUT2D eigenvalue weighted by molar-refractivity contribution is 7.13. The fourth-order valence-corrected chi connectivity index (χ4v) is 3.48. The molecular formula is C19H16Cl2N4O2S. The summed E-state index contributed by atoms with van der Waals surface area (Å²) in [5, 5.41) is 9.02. The number of thiazole rings is 1. The van der Waals surface area contributed by atoms with E-state index in [0.29, 0.717) is 21.3 Å². The van der Waals surface area contributed by atoms with Crippen molar-refractivity contribution in [2.75, 3.05) is 24.2 Å². The Bertz CT molecular complexity index is 975. The fraction of sp³-hybridized carbons (Fsp3) is 0.105. The smallest absolute Gasteiger partial charge is 0.254 e. The van der Waals surface area contributed by atoms with Gasteiger partial charge in [0.05, 0.1) is 22.3 Å². The van der Waals surface area contributed by atoms with Gasteiger partial charge in [0.1, 0.15) is 0 Å². The summed E-state index contributed by atoms with van der Waals surface area (Å²) in [4.78, 5) is 30.4. The van der Waals surface area contributed by atoms with Crippen molar-refractivity contribution in [1.29, 1.82) is 0 Å². The highest BCUT2D eigenvalue weighted by atomic mass is 35.5. The minimum absolute atomic E-state index is 0.148. The second-order valence-corrected chi connectivity index (χ2v) is 7.56. The highest BCUT2D eigenvalue weighted by Crippen LogP contribution is 2.29. The molecule has 2 aromatic carbocycles. The average Bonchev–Trinajstić information content (AvgIpc) is 3.17. The molecule has 3 rings (SSSR count). The molecule has 0 spiro atoms. The first-order chi connectivity index (χ1) is 13.4. The number of hydrogen-bond acceptors (Lipinski definition) is 5. The molecule has 0 radical (unpaired) electrons. The van der Waals surface area contributed by atoms with Crippen LogP contribution >= 0.6 is 34.5 Å². The van der Waals surface area contributed by atoms with E-state index in [4.69, 9.17) is 23.2 Å². The number of rotatable bonds is 6. The zero-order valence-electron chi connectivity index (χ0n) is 14.8. The average molecular weight is 435 g/mol. The van der Waals surface area contributed by atoms with Gasteiger partial charge in [0, 0.05) is 29.9 Å². The lowest BCUT2D eigenvalue weighted by Gasteiger charge is -2.18. The van der Waals surface area contributed by atoms with Crippen molar-refractivity contribution in [2.45, 2.75) is 0 Å². The van der Waals surface area contributed by atoms with Crippen LogP contribution in [0.4, 0.5) is 16.5 Å². The summed E-state index contributed by atoms with van der Waals surface area (Å²) in [6.45, 7) is -0.148. The van der Waals surface area contributed by atoms with E-state index in [-0.39, 0.29) is 12.5 Å². The number of anilines is 3. The molecule has 0 fully saturated rings. The number of carbonyl (C=O) groups is 2. The van der Waals surface area contributed by atoms with Crippen molar-refractivity contribution in [1.82, 2.24) is 9.88 Å². The van der Waals surface area contributed by atoms with E-state index in [1.54, 1.807) is 49.6 Å². The highest BCUT2D eigenvalue weighted by Gasteiger charge is 2.17. The van der Waals surface area contributed by atoms with Gasteiger partial charge in [-0.2, -0.15) is 0 Å². The maximum Gasteiger partial charge on any atom is 0.254 e. The summed E-state index contributed by atoms with van der Waals surface area (Å²) in [5.41, 5.74) is 1.51. The van der Waals surface area contributed by atoms with Crippen molar-refractivity contribution >= 4 is 62.9 Å². The fourth-order valence-electron chi connectivity index (χ4n) is 2.44. The standard InChI is InChI=1S/C19H16Cl2N4O2S/c1-25(11-16(26)24-17-14(20)6-3-7-15(17)21)18(27)12-4-2-5-13(10-12)23-19-22-8-9-28-19/h2-10H,11H2,1H3,(H,22,23)(H,24,26). The van der Waals surface area contributed by atoms with Gasteiger partial charge >= 0.3 is 0 Å². The molecule has 1 heterocycles. The number of nitrogens with zero attached hydrogens (tertiary/aromatic N) is 2. The number of nitrogens with one attached hydrogen (secondary N) is 2. The van der Waals surface area contributed by atoms with Crippen LogP contribution in [0.5, 0.6) is 0 Å². The van der Waals surface area contributed by atoms with Crippen LogP contribution in [0.3, 0.4) is 0 Å². The second kappa shape index (κ2) is 9.05. The van der Waals surface area contributed by atoms with E-state index >= 15 is 0 Å². The first-order valence-corrected chi connectivity index (χ1v) is 9.83. The molecule has 144 valence electrons. The molecule has 0 atom stereocenters. The summed E-state index contributed by atoms with van der Waals surface area (Å²) in [6.07, 6.45) is 1.69. The van der Waals surface area contributed by atoms with Gasteiger partial charge in [-0.05, 0) is 30.3 Å². The minimum Gasteiger partial charge on any atom is -0.332 e. The van der Waals surface area contributed by atoms with Gasteiger partial charge in [-0.15, -0.1) is 11.3 Å². The molecule has 1 aromatic heterocycles. The van der Waals surface area contributed by atoms with E-state index in [9.17, 15) is 9.59 Å². The Morgan fingerprint density at radius 1 is 1.14 bits per heavy atom. The lowest BCUT2D eigenvalue weighted by Crippen LogP contribution is -2.35. The van der Waals surface area contributed by atoms with Crippen LogP contribution in [0, 0.1) is 0 Å². The Labute approximate surface area is 176 Å². The lowest BCUT2D eigenvalue weighted by molar-refractivity contribution is -0.116. The molecule has 0 unspecified atom stereocenters. The molecule has 2 amide bonds. The summed E-state index contributed by atoms with van der Waals surface area (Å²) >= 11 is 13.6. The van der Waals surface area contributed by atoms with E-state index in [1.807, 2.05) is 11.4 Å². The van der Waals surface area contributed by atoms with Crippen molar-refractivity contribution in [3.63, 3.8) is 0 Å². The van der Waals surface area contributed by atoms with Crippen LogP contribution in [-0.2, 0) is 4.79 Å². The van der Waals surface area contributed by atoms with Crippen molar-refractivity contribution < 1.29 is 9.59 Å². The van der Waals surface area contributed by atoms with Crippen LogP contribution in [0.25, 0.3) is 0 Å². The zero-order valence-corrected chi connectivity index (χ0v) is 17.1. The maximum absolute atomic E-state index is 12.7. The minimum atomic E-state index is -0.400. The number of hydrogen-bond donors (Lipinski definition) is 2. The third kappa shape index (κ3) is 5.01. The first kappa shape index (κ1) is 20.1. The molecule has 0 aliphatic heterocycles. The van der Waals surface area contributed by atoms with Crippen LogP contribution in [0.15, 0.2) is 54.0 Å². The van der Waals surface area contributed by atoms with E-state index in [2.05, 4.69) is 15.6 Å². The molecule has 2 N–H and O–H groups in total. The van der Waals surface area contributed by atoms with Gasteiger partial charge in [-0.3, -0.25) is 9.59 Å². The van der Waals surface area contributed by atoms with Gasteiger partial charge in [0.25, 0.3) is 5.91 Å². The molecule has 28 heavy (non-hydrogen) atoms. The largest absolute Gasteiger partial charge is 0.332 e. The van der Waals surface area contributed by atoms with Gasteiger partial charge in [-0.1, -0.05) is 35.3 Å². The summed E-state index contributed by atoms with van der Waals surface area (Å²) < 4.78 is 0. The Balaban J connectivity index is 1.65. The Morgan fingerprint density at radius 2 is 1.86 bits per heavy atom. The summed E-state index contributed by atoms with van der Waals surface area (Å²) in [7, 11) is 1.55. The van der Waals surface area contributed by atoms with E-state index in [1.165, 1.54) is 16.2 Å². The molecule has 3 aromatic rings. The SMILES string of the molecule is CN(CC(=O)Nc1c(Cl)cccc1Cl)C(=O)c1cccc(Nc2nccs2)c1. The molecule has 6 nitrogen and oxygen atoms in total. The van der Waals surface area contributed by atoms with Crippen molar-refractivity contribution in [3.8, 4) is 0 Å². The summed E-state index contributed by atoms with van der Waals surface area (Å²) in [5.74, 6) is -0.689. The van der Waals surface area contributed by atoms with Crippen LogP contribution in [-0.4, -0.2) is 35.3 Å². The van der Waals surface area contributed by atoms with Crippen LogP contribution < -0.4 is 10.6 Å². The normalized spacial score (nSPS) is 10.4. The van der Waals surface area contributed by atoms with Crippen molar-refractivity contribution in [2.24, 2.45) is 0 Å². The van der Waals surface area contributed by atoms with Gasteiger partial charge in [0.2, 0.25) is 5.91 Å². The molecule has 0 saturated carbocycles. The quantitative estimate of drug-likeness (QED) is 0.578. The van der Waals surface area contributed by atoms with Gasteiger partial charge in [0.15, 0.2) is 5.13 Å². The molecule has 0 saturated heterocycles. The van der Waals surface area contributed by atoms with Crippen molar-refractivity contribution in [3.05, 3.63) is 69.7 Å². The third-order valence-electron chi connectivity index (χ3n) is 3.75. The number of benzene rings is 2. The third-order valence-corrected chi connectivity index (χ3v) is 5.07. The number of carbonyl (C=O) groups excluding carboxylic acids is 2. The zero-order chi connectivity index (χ0) is 20.1. The number of likely N-dealkylation sites (N-methyl/N-ethyl adjacent to an activating group) is 1. The molecular weight excluding hydrogens is 419 g/mol. The molecule has 0 aliphatic rings. The number of aromatic nitrogens is 1. The Hall–Kier alpha value is -2.61. The predicted octanol–water partition coefficient (Wildman–Crippen LogP) is 4.90. The van der Waals surface area contributed by atoms with E-state index in [0.717, 1.165) is 10.8 Å². The molecule has 9 heteroatoms. The predicted molar refractivity (Wildman–Crippen MR) is 114 cm³/mol. The lowest BCUT2D eigenvalue weighted by atomic mass is 10.1.